The Morgan fingerprint density at radius 2 is 1.92 bits per heavy atom. The number of hydrogen-bond acceptors (Lipinski definition) is 7. The molecule has 0 aliphatic carbocycles. The van der Waals surface area contributed by atoms with E-state index in [4.69, 9.17) is 9.47 Å². The van der Waals surface area contributed by atoms with E-state index in [2.05, 4.69) is 14.9 Å². The van der Waals surface area contributed by atoms with Crippen LogP contribution in [-0.4, -0.2) is 59.9 Å². The number of rotatable bonds is 2. The van der Waals surface area contributed by atoms with Crippen LogP contribution in [0.25, 0.3) is 10.2 Å². The van der Waals surface area contributed by atoms with Gasteiger partial charge in [0.05, 0.1) is 12.6 Å². The molecule has 7 nitrogen and oxygen atoms in total. The molecule has 0 N–H and O–H groups in total. The summed E-state index contributed by atoms with van der Waals surface area (Å²) in [4.78, 5) is 25.0. The van der Waals surface area contributed by atoms with Crippen LogP contribution in [-0.2, 0) is 4.74 Å². The molecule has 1 aliphatic heterocycles. The molecule has 3 heterocycles. The van der Waals surface area contributed by atoms with Crippen LogP contribution in [0.15, 0.2) is 11.4 Å². The van der Waals surface area contributed by atoms with Gasteiger partial charge < -0.3 is 19.3 Å². The predicted molar refractivity (Wildman–Crippen MR) is 94.0 cm³/mol. The van der Waals surface area contributed by atoms with Gasteiger partial charge in [0.2, 0.25) is 11.8 Å². The van der Waals surface area contributed by atoms with E-state index in [-0.39, 0.29) is 6.09 Å². The van der Waals surface area contributed by atoms with E-state index in [0.29, 0.717) is 38.0 Å². The smallest absolute Gasteiger partial charge is 0.410 e. The summed E-state index contributed by atoms with van der Waals surface area (Å²) in [6.45, 7) is 8.12. The van der Waals surface area contributed by atoms with Crippen molar-refractivity contribution in [3.8, 4) is 5.88 Å². The maximum Gasteiger partial charge on any atom is 0.410 e. The number of nitrogens with zero attached hydrogens (tertiary/aromatic N) is 4. The minimum atomic E-state index is -0.477. The lowest BCUT2D eigenvalue weighted by atomic mass is 10.2. The molecule has 0 radical (unpaired) electrons. The minimum absolute atomic E-state index is 0.270. The van der Waals surface area contributed by atoms with Crippen molar-refractivity contribution in [2.45, 2.75) is 26.4 Å². The standard InChI is InChI=1S/C16H22N4O3S/c1-16(2,3)23-15(21)20-8-6-19(7-9-20)14-17-11-5-10-24-12(11)13(18-14)22-4/h5,10H,6-9H2,1-4H3. The molecular weight excluding hydrogens is 328 g/mol. The van der Waals surface area contributed by atoms with Crippen molar-refractivity contribution in [1.82, 2.24) is 14.9 Å². The molecule has 1 fully saturated rings. The Balaban J connectivity index is 1.70. The molecule has 1 amide bonds. The fourth-order valence-electron chi connectivity index (χ4n) is 2.52. The van der Waals surface area contributed by atoms with E-state index < -0.39 is 5.60 Å². The highest BCUT2D eigenvalue weighted by Crippen LogP contribution is 2.30. The van der Waals surface area contributed by atoms with Gasteiger partial charge in [0.1, 0.15) is 10.3 Å². The summed E-state index contributed by atoms with van der Waals surface area (Å²) in [5, 5.41) is 1.98. The first-order valence-corrected chi connectivity index (χ1v) is 8.77. The zero-order valence-electron chi connectivity index (χ0n) is 14.4. The molecule has 130 valence electrons. The summed E-state index contributed by atoms with van der Waals surface area (Å²) in [5.74, 6) is 1.24. The zero-order valence-corrected chi connectivity index (χ0v) is 15.2. The van der Waals surface area contributed by atoms with Crippen molar-refractivity contribution in [2.24, 2.45) is 0 Å². The van der Waals surface area contributed by atoms with Gasteiger partial charge >= 0.3 is 6.09 Å². The van der Waals surface area contributed by atoms with E-state index in [9.17, 15) is 4.79 Å². The van der Waals surface area contributed by atoms with Crippen molar-refractivity contribution >= 4 is 33.6 Å². The largest absolute Gasteiger partial charge is 0.480 e. The van der Waals surface area contributed by atoms with Crippen LogP contribution in [0.5, 0.6) is 5.88 Å². The molecule has 0 saturated carbocycles. The van der Waals surface area contributed by atoms with Crippen LogP contribution < -0.4 is 9.64 Å². The highest BCUT2D eigenvalue weighted by molar-refractivity contribution is 7.17. The lowest BCUT2D eigenvalue weighted by Gasteiger charge is -2.35. The van der Waals surface area contributed by atoms with Crippen LogP contribution in [0, 0.1) is 0 Å². The molecule has 0 atom stereocenters. The van der Waals surface area contributed by atoms with Crippen LogP contribution >= 0.6 is 11.3 Å². The molecule has 8 heteroatoms. The predicted octanol–water partition coefficient (Wildman–Crippen LogP) is 2.76. The van der Waals surface area contributed by atoms with Gasteiger partial charge in [0.15, 0.2) is 0 Å². The third-order valence-corrected chi connectivity index (χ3v) is 4.56. The van der Waals surface area contributed by atoms with E-state index in [1.165, 1.54) is 0 Å². The van der Waals surface area contributed by atoms with E-state index in [0.717, 1.165) is 10.2 Å². The summed E-state index contributed by atoms with van der Waals surface area (Å²) in [5.41, 5.74) is 0.408. The number of aromatic nitrogens is 2. The average molecular weight is 350 g/mol. The lowest BCUT2D eigenvalue weighted by molar-refractivity contribution is 0.0240. The second-order valence-corrected chi connectivity index (χ2v) is 7.54. The summed E-state index contributed by atoms with van der Waals surface area (Å²) >= 11 is 1.57. The highest BCUT2D eigenvalue weighted by Gasteiger charge is 2.27. The molecular formula is C16H22N4O3S. The van der Waals surface area contributed by atoms with Gasteiger partial charge in [0.25, 0.3) is 0 Å². The maximum atomic E-state index is 12.1. The number of piperazine rings is 1. The summed E-state index contributed by atoms with van der Waals surface area (Å²) in [6, 6.07) is 1.96. The number of ether oxygens (including phenoxy) is 2. The first-order chi connectivity index (χ1) is 11.4. The topological polar surface area (TPSA) is 67.8 Å². The van der Waals surface area contributed by atoms with Gasteiger partial charge in [-0.2, -0.15) is 4.98 Å². The summed E-state index contributed by atoms with van der Waals surface area (Å²) in [7, 11) is 1.62. The Morgan fingerprint density at radius 1 is 1.21 bits per heavy atom. The number of thiophene rings is 1. The molecule has 0 spiro atoms. The monoisotopic (exact) mass is 350 g/mol. The third kappa shape index (κ3) is 3.53. The number of anilines is 1. The molecule has 24 heavy (non-hydrogen) atoms. The number of carbonyl (C=O) groups is 1. The minimum Gasteiger partial charge on any atom is -0.480 e. The Hall–Kier alpha value is -2.09. The van der Waals surface area contributed by atoms with E-state index >= 15 is 0 Å². The van der Waals surface area contributed by atoms with Crippen molar-refractivity contribution in [3.63, 3.8) is 0 Å². The van der Waals surface area contributed by atoms with Crippen LogP contribution in [0.4, 0.5) is 10.7 Å². The Morgan fingerprint density at radius 3 is 2.54 bits per heavy atom. The number of carbonyl (C=O) groups excluding carboxylic acids is 1. The second-order valence-electron chi connectivity index (χ2n) is 6.62. The van der Waals surface area contributed by atoms with Crippen molar-refractivity contribution in [2.75, 3.05) is 38.2 Å². The fourth-order valence-corrected chi connectivity index (χ4v) is 3.32. The van der Waals surface area contributed by atoms with Gasteiger partial charge in [-0.05, 0) is 32.2 Å². The van der Waals surface area contributed by atoms with E-state index in [1.807, 2.05) is 32.2 Å². The lowest BCUT2D eigenvalue weighted by Crippen LogP contribution is -2.50. The number of hydrogen-bond donors (Lipinski definition) is 0. The molecule has 2 aromatic heterocycles. The molecule has 2 aromatic rings. The summed E-state index contributed by atoms with van der Waals surface area (Å²) < 4.78 is 11.8. The van der Waals surface area contributed by atoms with Gasteiger partial charge in [-0.1, -0.05) is 0 Å². The van der Waals surface area contributed by atoms with Gasteiger partial charge in [0, 0.05) is 26.2 Å². The van der Waals surface area contributed by atoms with Gasteiger partial charge in [-0.15, -0.1) is 11.3 Å². The SMILES string of the molecule is COc1nc(N2CCN(C(=O)OC(C)(C)C)CC2)nc2ccsc12. The quantitative estimate of drug-likeness (QED) is 0.830. The molecule has 0 aromatic carbocycles. The maximum absolute atomic E-state index is 12.1. The number of methoxy groups -OCH3 is 1. The second kappa shape index (κ2) is 6.43. The number of fused-ring (bicyclic) bond motifs is 1. The van der Waals surface area contributed by atoms with E-state index in [1.54, 1.807) is 23.3 Å². The molecule has 1 aliphatic rings. The van der Waals surface area contributed by atoms with Crippen LogP contribution in [0.2, 0.25) is 0 Å². The number of amides is 1. The normalized spacial score (nSPS) is 15.7. The Kier molecular flexibility index (Phi) is 4.49. The highest BCUT2D eigenvalue weighted by atomic mass is 32.1. The Labute approximate surface area is 145 Å². The first kappa shape index (κ1) is 16.8. The van der Waals surface area contributed by atoms with Crippen LogP contribution in [0.3, 0.4) is 0 Å². The zero-order chi connectivity index (χ0) is 17.3. The van der Waals surface area contributed by atoms with Gasteiger partial charge in [-0.3, -0.25) is 0 Å². The molecule has 0 bridgehead atoms. The van der Waals surface area contributed by atoms with Crippen molar-refractivity contribution < 1.29 is 14.3 Å². The molecule has 3 rings (SSSR count). The average Bonchev–Trinajstić information content (AvgIpc) is 3.01. The Bertz CT molecular complexity index is 732. The first-order valence-electron chi connectivity index (χ1n) is 7.89. The fraction of sp³-hybridized carbons (Fsp3) is 0.562. The van der Waals surface area contributed by atoms with Crippen molar-refractivity contribution in [1.29, 1.82) is 0 Å². The molecule has 0 unspecified atom stereocenters. The van der Waals surface area contributed by atoms with Crippen LogP contribution in [0.1, 0.15) is 20.8 Å². The van der Waals surface area contributed by atoms with Gasteiger partial charge in [-0.25, -0.2) is 9.78 Å². The van der Waals surface area contributed by atoms with Crippen molar-refractivity contribution in [3.05, 3.63) is 11.4 Å². The third-order valence-electron chi connectivity index (χ3n) is 3.67. The molecule has 1 saturated heterocycles. The summed E-state index contributed by atoms with van der Waals surface area (Å²) in [6.07, 6.45) is -0.270.